The number of nitrogens with zero attached hydrogens (tertiary/aromatic N) is 3. The molecule has 1 saturated heterocycles. The predicted molar refractivity (Wildman–Crippen MR) is 133 cm³/mol. The quantitative estimate of drug-likeness (QED) is 0.603. The van der Waals surface area contributed by atoms with Gasteiger partial charge in [0, 0.05) is 67.3 Å². The Kier molecular flexibility index (Phi) is 5.62. The van der Waals surface area contributed by atoms with Crippen LogP contribution in [0.1, 0.15) is 18.0 Å². The molecule has 5 rings (SSSR count). The summed E-state index contributed by atoms with van der Waals surface area (Å²) in [5.41, 5.74) is 4.56. The van der Waals surface area contributed by atoms with Gasteiger partial charge in [0.25, 0.3) is 5.56 Å². The minimum absolute atomic E-state index is 0.0545. The van der Waals surface area contributed by atoms with E-state index in [9.17, 15) is 9.59 Å². The van der Waals surface area contributed by atoms with Crippen molar-refractivity contribution in [2.24, 2.45) is 5.92 Å². The Hall–Kier alpha value is -3.25. The first kappa shape index (κ1) is 21.6. The van der Waals surface area contributed by atoms with Crippen molar-refractivity contribution in [3.63, 3.8) is 0 Å². The number of pyridine rings is 1. The van der Waals surface area contributed by atoms with Crippen LogP contribution in [0, 0.1) is 5.92 Å². The van der Waals surface area contributed by atoms with Crippen LogP contribution in [0.4, 0.5) is 16.2 Å². The summed E-state index contributed by atoms with van der Waals surface area (Å²) >= 11 is 5.94. The minimum Gasteiger partial charge on any atom is -0.378 e. The number of carbonyl (C=O) groups is 1. The number of halogens is 1. The zero-order valence-electron chi connectivity index (χ0n) is 18.8. The first-order valence-corrected chi connectivity index (χ1v) is 11.6. The standard InChI is InChI=1S/C26H27ClN4O2/c1-29(2)22-9-3-18(4-10-22)23-11-12-24-19-13-17(15-31(24)25(23)32)14-30(16-19)26(33)28-21-7-5-20(27)6-8-21/h3-12,17,19H,13-16H2,1-2H3,(H,28,33)/t17-,19+/m0/s1. The SMILES string of the molecule is CN(C)c1ccc(-c2ccc3n(c2=O)C[C@H]2C[C@@H]3CN(C(=O)Nc3ccc(Cl)cc3)C2)cc1. The number of amides is 2. The van der Waals surface area contributed by atoms with Crippen molar-refractivity contribution < 1.29 is 4.79 Å². The molecule has 1 fully saturated rings. The van der Waals surface area contributed by atoms with Crippen LogP contribution in [0.5, 0.6) is 0 Å². The van der Waals surface area contributed by atoms with Gasteiger partial charge in [-0.2, -0.15) is 0 Å². The summed E-state index contributed by atoms with van der Waals surface area (Å²) in [7, 11) is 4.00. The third-order valence-electron chi connectivity index (χ3n) is 6.68. The van der Waals surface area contributed by atoms with E-state index in [2.05, 4.69) is 11.4 Å². The molecule has 0 radical (unpaired) electrons. The van der Waals surface area contributed by atoms with Crippen LogP contribution in [0.25, 0.3) is 11.1 Å². The average Bonchev–Trinajstić information content (AvgIpc) is 2.81. The molecule has 2 aliphatic rings. The Labute approximate surface area is 198 Å². The number of aromatic nitrogens is 1. The molecular formula is C26H27ClN4O2. The van der Waals surface area contributed by atoms with E-state index in [-0.39, 0.29) is 23.4 Å². The topological polar surface area (TPSA) is 57.6 Å². The smallest absolute Gasteiger partial charge is 0.321 e. The second-order valence-electron chi connectivity index (χ2n) is 9.17. The lowest BCUT2D eigenvalue weighted by Crippen LogP contribution is -2.50. The summed E-state index contributed by atoms with van der Waals surface area (Å²) in [6.45, 7) is 1.88. The number of nitrogens with one attached hydrogen (secondary N) is 1. The molecule has 3 heterocycles. The lowest BCUT2D eigenvalue weighted by molar-refractivity contribution is 0.139. The van der Waals surface area contributed by atoms with Gasteiger partial charge in [-0.15, -0.1) is 0 Å². The largest absolute Gasteiger partial charge is 0.378 e. The van der Waals surface area contributed by atoms with Crippen LogP contribution < -0.4 is 15.8 Å². The van der Waals surface area contributed by atoms with Crippen LogP contribution in [0.3, 0.4) is 0 Å². The zero-order valence-corrected chi connectivity index (χ0v) is 19.5. The van der Waals surface area contributed by atoms with Crippen LogP contribution >= 0.6 is 11.6 Å². The summed E-state index contributed by atoms with van der Waals surface area (Å²) in [5.74, 6) is 0.419. The molecular weight excluding hydrogens is 436 g/mol. The number of fused-ring (bicyclic) bond motifs is 4. The van der Waals surface area contributed by atoms with Gasteiger partial charge in [0.15, 0.2) is 0 Å². The highest BCUT2D eigenvalue weighted by atomic mass is 35.5. The van der Waals surface area contributed by atoms with Gasteiger partial charge in [-0.1, -0.05) is 23.7 Å². The molecule has 33 heavy (non-hydrogen) atoms. The summed E-state index contributed by atoms with van der Waals surface area (Å²) in [6.07, 6.45) is 1.00. The van der Waals surface area contributed by atoms with Crippen molar-refractivity contribution in [2.75, 3.05) is 37.4 Å². The van der Waals surface area contributed by atoms with E-state index >= 15 is 0 Å². The number of anilines is 2. The van der Waals surface area contributed by atoms with Crippen molar-refractivity contribution in [3.05, 3.63) is 81.7 Å². The lowest BCUT2D eigenvalue weighted by Gasteiger charge is -2.42. The third-order valence-corrected chi connectivity index (χ3v) is 6.93. The molecule has 2 aromatic carbocycles. The maximum Gasteiger partial charge on any atom is 0.321 e. The summed E-state index contributed by atoms with van der Waals surface area (Å²) in [6, 6.07) is 19.1. The van der Waals surface area contributed by atoms with Gasteiger partial charge in [0.2, 0.25) is 0 Å². The zero-order chi connectivity index (χ0) is 23.1. The molecule has 0 unspecified atom stereocenters. The van der Waals surface area contributed by atoms with E-state index < -0.39 is 0 Å². The van der Waals surface area contributed by atoms with Gasteiger partial charge in [0.05, 0.1) is 0 Å². The van der Waals surface area contributed by atoms with Crippen molar-refractivity contribution >= 4 is 29.0 Å². The Balaban J connectivity index is 1.37. The van der Waals surface area contributed by atoms with Crippen molar-refractivity contribution in [2.45, 2.75) is 18.9 Å². The van der Waals surface area contributed by atoms with E-state index in [4.69, 9.17) is 11.6 Å². The second-order valence-corrected chi connectivity index (χ2v) is 9.61. The molecule has 170 valence electrons. The van der Waals surface area contributed by atoms with E-state index in [0.717, 1.165) is 34.6 Å². The Bertz CT molecular complexity index is 1230. The maximum atomic E-state index is 13.4. The first-order valence-electron chi connectivity index (χ1n) is 11.2. The van der Waals surface area contributed by atoms with E-state index in [0.29, 0.717) is 24.7 Å². The fourth-order valence-electron chi connectivity index (χ4n) is 5.01. The normalized spacial score (nSPS) is 19.1. The molecule has 6 nitrogen and oxygen atoms in total. The number of piperidine rings is 1. The average molecular weight is 463 g/mol. The predicted octanol–water partition coefficient (Wildman–Crippen LogP) is 4.89. The number of benzene rings is 2. The molecule has 3 aromatic rings. The van der Waals surface area contributed by atoms with Crippen LogP contribution in [0.15, 0.2) is 65.5 Å². The lowest BCUT2D eigenvalue weighted by atomic mass is 9.83. The van der Waals surface area contributed by atoms with Crippen LogP contribution in [0.2, 0.25) is 5.02 Å². The fraction of sp³-hybridized carbons (Fsp3) is 0.308. The molecule has 1 N–H and O–H groups in total. The molecule has 2 atom stereocenters. The molecule has 1 aromatic heterocycles. The Morgan fingerprint density at radius 1 is 0.970 bits per heavy atom. The van der Waals surface area contributed by atoms with Gasteiger partial charge >= 0.3 is 6.03 Å². The van der Waals surface area contributed by atoms with E-state index in [1.54, 1.807) is 24.3 Å². The monoisotopic (exact) mass is 462 g/mol. The molecule has 2 bridgehead atoms. The molecule has 7 heteroatoms. The van der Waals surface area contributed by atoms with Crippen LogP contribution in [-0.4, -0.2) is 42.7 Å². The van der Waals surface area contributed by atoms with E-state index in [1.807, 2.05) is 58.8 Å². The molecule has 0 saturated carbocycles. The minimum atomic E-state index is -0.111. The van der Waals surface area contributed by atoms with Crippen molar-refractivity contribution in [1.29, 1.82) is 0 Å². The summed E-state index contributed by atoms with van der Waals surface area (Å²) in [4.78, 5) is 30.2. The number of hydrogen-bond acceptors (Lipinski definition) is 3. The second kappa shape index (κ2) is 8.60. The van der Waals surface area contributed by atoms with Gasteiger partial charge in [-0.05, 0) is 66.4 Å². The Morgan fingerprint density at radius 2 is 1.70 bits per heavy atom. The maximum absolute atomic E-state index is 13.4. The van der Waals surface area contributed by atoms with Gasteiger partial charge in [-0.3, -0.25) is 4.79 Å². The number of likely N-dealkylation sites (tertiary alicyclic amines) is 1. The summed E-state index contributed by atoms with van der Waals surface area (Å²) in [5, 5.41) is 3.60. The first-order chi connectivity index (χ1) is 15.9. The number of carbonyl (C=O) groups excluding carboxylic acids is 1. The van der Waals surface area contributed by atoms with E-state index in [1.165, 1.54) is 0 Å². The van der Waals surface area contributed by atoms with Gasteiger partial charge in [-0.25, -0.2) is 4.79 Å². The molecule has 0 aliphatic carbocycles. The highest BCUT2D eigenvalue weighted by Crippen LogP contribution is 2.36. The third kappa shape index (κ3) is 4.23. The highest BCUT2D eigenvalue weighted by Gasteiger charge is 2.36. The number of urea groups is 1. The molecule has 0 spiro atoms. The van der Waals surface area contributed by atoms with Crippen molar-refractivity contribution in [1.82, 2.24) is 9.47 Å². The van der Waals surface area contributed by atoms with Gasteiger partial charge < -0.3 is 19.7 Å². The van der Waals surface area contributed by atoms with Crippen molar-refractivity contribution in [3.8, 4) is 11.1 Å². The fourth-order valence-corrected chi connectivity index (χ4v) is 5.13. The number of hydrogen-bond donors (Lipinski definition) is 1. The Morgan fingerprint density at radius 3 is 2.39 bits per heavy atom. The highest BCUT2D eigenvalue weighted by molar-refractivity contribution is 6.30. The van der Waals surface area contributed by atoms with Crippen LogP contribution in [-0.2, 0) is 6.54 Å². The van der Waals surface area contributed by atoms with Gasteiger partial charge in [0.1, 0.15) is 0 Å². The summed E-state index contributed by atoms with van der Waals surface area (Å²) < 4.78 is 1.93. The number of rotatable bonds is 3. The molecule has 2 aliphatic heterocycles. The molecule has 2 amide bonds.